The third kappa shape index (κ3) is 4.23. The molecule has 7 nitrogen and oxygen atoms in total. The number of carbonyl (C=O) groups excluding carboxylic acids is 3. The van der Waals surface area contributed by atoms with Gasteiger partial charge in [-0.05, 0) is 25.5 Å². The minimum atomic E-state index is -0.666. The van der Waals surface area contributed by atoms with Crippen molar-refractivity contribution in [2.45, 2.75) is 20.8 Å². The molecule has 1 aromatic heterocycles. The van der Waals surface area contributed by atoms with Gasteiger partial charge >= 0.3 is 5.97 Å². The molecule has 0 bridgehead atoms. The summed E-state index contributed by atoms with van der Waals surface area (Å²) in [4.78, 5) is 42.8. The largest absolute Gasteiger partial charge is 0.452 e. The van der Waals surface area contributed by atoms with Crippen LogP contribution in [0.5, 0.6) is 0 Å². The van der Waals surface area contributed by atoms with E-state index in [1.807, 2.05) is 0 Å². The molecule has 0 saturated carbocycles. The van der Waals surface area contributed by atoms with Crippen LogP contribution in [0.4, 0.5) is 0 Å². The second-order valence-electron chi connectivity index (χ2n) is 5.71. The number of carbonyl (C=O) groups is 3. The number of amides is 2. The lowest BCUT2D eigenvalue weighted by molar-refractivity contribution is -0.140. The molecule has 0 unspecified atom stereocenters. The smallest absolute Gasteiger partial charge is 0.342 e. The van der Waals surface area contributed by atoms with Crippen molar-refractivity contribution in [1.82, 2.24) is 14.8 Å². The van der Waals surface area contributed by atoms with Crippen LogP contribution in [-0.4, -0.2) is 65.4 Å². The van der Waals surface area contributed by atoms with Crippen molar-refractivity contribution in [1.29, 1.82) is 0 Å². The topological polar surface area (TPSA) is 79.8 Å². The quantitative estimate of drug-likeness (QED) is 0.602. The fourth-order valence-electron chi connectivity index (χ4n) is 2.60. The zero-order valence-corrected chi connectivity index (χ0v) is 14.7. The van der Waals surface area contributed by atoms with E-state index in [4.69, 9.17) is 16.3 Å². The van der Waals surface area contributed by atoms with Crippen LogP contribution >= 0.6 is 11.6 Å². The average Bonchev–Trinajstić information content (AvgIpc) is 2.51. The molecule has 24 heavy (non-hydrogen) atoms. The maximum Gasteiger partial charge on any atom is 0.342 e. The Labute approximate surface area is 145 Å². The molecule has 8 heteroatoms. The molecule has 2 rings (SSSR count). The van der Waals surface area contributed by atoms with Crippen molar-refractivity contribution in [3.63, 3.8) is 0 Å². The Balaban J connectivity index is 1.91. The van der Waals surface area contributed by atoms with Gasteiger partial charge in [-0.25, -0.2) is 9.78 Å². The van der Waals surface area contributed by atoms with E-state index in [0.29, 0.717) is 37.4 Å². The first-order valence-electron chi connectivity index (χ1n) is 7.63. The third-order valence-electron chi connectivity index (χ3n) is 3.91. The van der Waals surface area contributed by atoms with E-state index in [2.05, 4.69) is 4.98 Å². The van der Waals surface area contributed by atoms with Crippen molar-refractivity contribution in [3.8, 4) is 0 Å². The van der Waals surface area contributed by atoms with E-state index in [1.165, 1.54) is 6.92 Å². The SMILES string of the molecule is CC(=O)N1CCN(C(=O)COC(=O)c2c(C)cc(C)nc2Cl)CC1. The van der Waals surface area contributed by atoms with Gasteiger partial charge in [-0.1, -0.05) is 11.6 Å². The lowest BCUT2D eigenvalue weighted by Gasteiger charge is -2.34. The lowest BCUT2D eigenvalue weighted by atomic mass is 10.1. The summed E-state index contributed by atoms with van der Waals surface area (Å²) in [6, 6.07) is 1.73. The average molecular weight is 354 g/mol. The summed E-state index contributed by atoms with van der Waals surface area (Å²) in [7, 11) is 0. The molecule has 0 aliphatic carbocycles. The number of piperazine rings is 1. The fourth-order valence-corrected chi connectivity index (χ4v) is 2.96. The first-order valence-corrected chi connectivity index (χ1v) is 8.01. The predicted molar refractivity (Wildman–Crippen MR) is 87.8 cm³/mol. The maximum atomic E-state index is 12.2. The first-order chi connectivity index (χ1) is 11.3. The molecule has 0 spiro atoms. The van der Waals surface area contributed by atoms with E-state index in [-0.39, 0.29) is 29.1 Å². The van der Waals surface area contributed by atoms with Gasteiger partial charge in [0.1, 0.15) is 5.15 Å². The van der Waals surface area contributed by atoms with Gasteiger partial charge in [0.15, 0.2) is 6.61 Å². The summed E-state index contributed by atoms with van der Waals surface area (Å²) in [6.07, 6.45) is 0. The van der Waals surface area contributed by atoms with Gasteiger partial charge in [0.2, 0.25) is 5.91 Å². The van der Waals surface area contributed by atoms with Crippen LogP contribution in [0.1, 0.15) is 28.5 Å². The highest BCUT2D eigenvalue weighted by atomic mass is 35.5. The van der Waals surface area contributed by atoms with E-state index in [0.717, 1.165) is 0 Å². The number of aryl methyl sites for hydroxylation is 2. The highest BCUT2D eigenvalue weighted by Gasteiger charge is 2.24. The Morgan fingerprint density at radius 1 is 1.17 bits per heavy atom. The summed E-state index contributed by atoms with van der Waals surface area (Å²) >= 11 is 5.99. The van der Waals surface area contributed by atoms with Crippen molar-refractivity contribution in [2.24, 2.45) is 0 Å². The molecule has 1 fully saturated rings. The van der Waals surface area contributed by atoms with Crippen LogP contribution in [0, 0.1) is 13.8 Å². The monoisotopic (exact) mass is 353 g/mol. The molecule has 1 aromatic rings. The Morgan fingerprint density at radius 3 is 2.29 bits per heavy atom. The molecule has 2 heterocycles. The number of ether oxygens (including phenoxy) is 1. The zero-order valence-electron chi connectivity index (χ0n) is 14.0. The van der Waals surface area contributed by atoms with E-state index < -0.39 is 5.97 Å². The second-order valence-corrected chi connectivity index (χ2v) is 6.07. The number of hydrogen-bond acceptors (Lipinski definition) is 5. The molecular weight excluding hydrogens is 334 g/mol. The molecule has 1 aliphatic rings. The van der Waals surface area contributed by atoms with Crippen LogP contribution in [0.25, 0.3) is 0 Å². The molecule has 130 valence electrons. The summed E-state index contributed by atoms with van der Waals surface area (Å²) in [5.74, 6) is -0.966. The number of hydrogen-bond donors (Lipinski definition) is 0. The highest BCUT2D eigenvalue weighted by Crippen LogP contribution is 2.19. The molecule has 0 N–H and O–H groups in total. The first kappa shape index (κ1) is 18.2. The number of halogens is 1. The van der Waals surface area contributed by atoms with Gasteiger partial charge in [0, 0.05) is 38.8 Å². The van der Waals surface area contributed by atoms with Gasteiger partial charge in [-0.3, -0.25) is 9.59 Å². The zero-order chi connectivity index (χ0) is 17.9. The molecule has 0 atom stereocenters. The maximum absolute atomic E-state index is 12.2. The van der Waals surface area contributed by atoms with Crippen molar-refractivity contribution in [3.05, 3.63) is 28.0 Å². The molecule has 1 aliphatic heterocycles. The van der Waals surface area contributed by atoms with Crippen LogP contribution in [-0.2, 0) is 14.3 Å². The van der Waals surface area contributed by atoms with Crippen molar-refractivity contribution in [2.75, 3.05) is 32.8 Å². The summed E-state index contributed by atoms with van der Waals surface area (Å²) in [5, 5.41) is 0.0695. The minimum absolute atomic E-state index is 0.00878. The molecule has 1 saturated heterocycles. The van der Waals surface area contributed by atoms with E-state index in [1.54, 1.807) is 29.7 Å². The Bertz CT molecular complexity index is 646. The molecule has 0 aromatic carbocycles. The Hall–Kier alpha value is -2.15. The van der Waals surface area contributed by atoms with E-state index in [9.17, 15) is 14.4 Å². The van der Waals surface area contributed by atoms with Gasteiger partial charge in [0.25, 0.3) is 5.91 Å². The van der Waals surface area contributed by atoms with Gasteiger partial charge in [0.05, 0.1) is 5.56 Å². The number of aromatic nitrogens is 1. The number of esters is 1. The molecular formula is C16H20ClN3O4. The molecule has 2 amide bonds. The van der Waals surface area contributed by atoms with Crippen LogP contribution in [0.2, 0.25) is 5.15 Å². The third-order valence-corrected chi connectivity index (χ3v) is 4.18. The van der Waals surface area contributed by atoms with Gasteiger partial charge in [-0.15, -0.1) is 0 Å². The predicted octanol–water partition coefficient (Wildman–Crippen LogP) is 1.20. The van der Waals surface area contributed by atoms with E-state index >= 15 is 0 Å². The summed E-state index contributed by atoms with van der Waals surface area (Å²) < 4.78 is 5.08. The van der Waals surface area contributed by atoms with Crippen LogP contribution in [0.15, 0.2) is 6.07 Å². The van der Waals surface area contributed by atoms with Gasteiger partial charge < -0.3 is 14.5 Å². The second kappa shape index (κ2) is 7.61. The highest BCUT2D eigenvalue weighted by molar-refractivity contribution is 6.32. The minimum Gasteiger partial charge on any atom is -0.452 e. The number of nitrogens with zero attached hydrogens (tertiary/aromatic N) is 3. The van der Waals surface area contributed by atoms with Crippen LogP contribution < -0.4 is 0 Å². The number of pyridine rings is 1. The Kier molecular flexibility index (Phi) is 5.77. The van der Waals surface area contributed by atoms with Gasteiger partial charge in [-0.2, -0.15) is 0 Å². The standard InChI is InChI=1S/C16H20ClN3O4/c1-10-8-11(2)18-15(17)14(10)16(23)24-9-13(22)20-6-4-19(5-7-20)12(3)21/h8H,4-7,9H2,1-3H3. The van der Waals surface area contributed by atoms with Crippen molar-refractivity contribution < 1.29 is 19.1 Å². The fraction of sp³-hybridized carbons (Fsp3) is 0.500. The van der Waals surface area contributed by atoms with Crippen molar-refractivity contribution >= 4 is 29.4 Å². The summed E-state index contributed by atoms with van der Waals surface area (Å²) in [6.45, 7) is 6.50. The Morgan fingerprint density at radius 2 is 1.75 bits per heavy atom. The normalized spacial score (nSPS) is 14.5. The van der Waals surface area contributed by atoms with Crippen LogP contribution in [0.3, 0.4) is 0 Å². The lowest BCUT2D eigenvalue weighted by Crippen LogP contribution is -2.51. The molecule has 0 radical (unpaired) electrons. The summed E-state index contributed by atoms with van der Waals surface area (Å²) in [5.41, 5.74) is 1.53. The number of rotatable bonds is 3.